The molecule has 0 saturated carbocycles. The van der Waals surface area contributed by atoms with Crippen molar-refractivity contribution >= 4 is 0 Å². The molecular formula is C14H14O2. The lowest BCUT2D eigenvalue weighted by atomic mass is 9.98. The predicted octanol–water partition coefficient (Wildman–Crippen LogP) is 3.33. The van der Waals surface area contributed by atoms with E-state index in [0.29, 0.717) is 0 Å². The molecule has 0 spiro atoms. The van der Waals surface area contributed by atoms with Crippen molar-refractivity contribution in [1.82, 2.24) is 0 Å². The van der Waals surface area contributed by atoms with Crippen molar-refractivity contribution in [1.29, 1.82) is 0 Å². The fourth-order valence-corrected chi connectivity index (χ4v) is 1.83. The zero-order valence-electron chi connectivity index (χ0n) is 9.14. The minimum absolute atomic E-state index is 0.257. The molecule has 2 aromatic carbocycles. The summed E-state index contributed by atoms with van der Waals surface area (Å²) in [5.41, 5.74) is 3.10. The van der Waals surface area contributed by atoms with Crippen molar-refractivity contribution in [2.24, 2.45) is 0 Å². The molecule has 0 aliphatic rings. The third-order valence-electron chi connectivity index (χ3n) is 2.63. The minimum Gasteiger partial charge on any atom is -0.508 e. The Morgan fingerprint density at radius 3 is 2.38 bits per heavy atom. The van der Waals surface area contributed by atoms with Crippen LogP contribution >= 0.6 is 0 Å². The maximum absolute atomic E-state index is 9.44. The Labute approximate surface area is 94.8 Å². The van der Waals surface area contributed by atoms with Crippen molar-refractivity contribution in [3.05, 3.63) is 48.0 Å². The van der Waals surface area contributed by atoms with Gasteiger partial charge in [0.2, 0.25) is 0 Å². The summed E-state index contributed by atoms with van der Waals surface area (Å²) in [5.74, 6) is 0.536. The highest BCUT2D eigenvalue weighted by Crippen LogP contribution is 2.29. The van der Waals surface area contributed by atoms with Gasteiger partial charge in [-0.1, -0.05) is 25.1 Å². The van der Waals surface area contributed by atoms with E-state index in [-0.39, 0.29) is 11.5 Å². The van der Waals surface area contributed by atoms with Gasteiger partial charge in [0.05, 0.1) is 0 Å². The second-order valence-corrected chi connectivity index (χ2v) is 3.75. The minimum atomic E-state index is 0.257. The van der Waals surface area contributed by atoms with Crippen LogP contribution in [0.4, 0.5) is 0 Å². The summed E-state index contributed by atoms with van der Waals surface area (Å²) in [5, 5.41) is 18.9. The van der Waals surface area contributed by atoms with E-state index < -0.39 is 0 Å². The Morgan fingerprint density at radius 1 is 0.938 bits per heavy atom. The Balaban J connectivity index is 2.55. The van der Waals surface area contributed by atoms with Crippen LogP contribution in [0.5, 0.6) is 11.5 Å². The first-order chi connectivity index (χ1) is 7.70. The average Bonchev–Trinajstić information content (AvgIpc) is 2.28. The van der Waals surface area contributed by atoms with Crippen LogP contribution in [0.1, 0.15) is 12.5 Å². The molecule has 0 heterocycles. The lowest BCUT2D eigenvalue weighted by Crippen LogP contribution is -1.87. The molecule has 0 bridgehead atoms. The highest BCUT2D eigenvalue weighted by Gasteiger charge is 2.05. The summed E-state index contributed by atoms with van der Waals surface area (Å²) in [6, 6.07) is 12.4. The second kappa shape index (κ2) is 4.27. The Hall–Kier alpha value is -1.96. The van der Waals surface area contributed by atoms with E-state index in [4.69, 9.17) is 0 Å². The zero-order chi connectivity index (χ0) is 11.5. The molecular weight excluding hydrogens is 200 g/mol. The third-order valence-corrected chi connectivity index (χ3v) is 2.63. The smallest absolute Gasteiger partial charge is 0.116 e. The van der Waals surface area contributed by atoms with Crippen LogP contribution in [0, 0.1) is 0 Å². The van der Waals surface area contributed by atoms with Crippen LogP contribution in [0.2, 0.25) is 0 Å². The van der Waals surface area contributed by atoms with E-state index in [2.05, 4.69) is 0 Å². The third kappa shape index (κ3) is 2.01. The summed E-state index contributed by atoms with van der Waals surface area (Å²) in [4.78, 5) is 0. The van der Waals surface area contributed by atoms with E-state index in [0.717, 1.165) is 23.1 Å². The molecule has 0 radical (unpaired) electrons. The highest BCUT2D eigenvalue weighted by atomic mass is 16.3. The van der Waals surface area contributed by atoms with E-state index in [1.54, 1.807) is 24.3 Å². The number of rotatable bonds is 2. The first-order valence-electron chi connectivity index (χ1n) is 5.32. The molecule has 2 rings (SSSR count). The zero-order valence-corrected chi connectivity index (χ0v) is 9.14. The molecule has 0 aromatic heterocycles. The van der Waals surface area contributed by atoms with E-state index in [1.807, 2.05) is 25.1 Å². The van der Waals surface area contributed by atoms with Crippen molar-refractivity contribution in [3.8, 4) is 22.6 Å². The summed E-state index contributed by atoms with van der Waals surface area (Å²) < 4.78 is 0. The lowest BCUT2D eigenvalue weighted by molar-refractivity contribution is 0.474. The van der Waals surface area contributed by atoms with Crippen molar-refractivity contribution in [3.63, 3.8) is 0 Å². The Morgan fingerprint density at radius 2 is 1.69 bits per heavy atom. The summed E-state index contributed by atoms with van der Waals surface area (Å²) >= 11 is 0. The van der Waals surface area contributed by atoms with Gasteiger partial charge in [-0.05, 0) is 47.4 Å². The van der Waals surface area contributed by atoms with E-state index in [9.17, 15) is 10.2 Å². The van der Waals surface area contributed by atoms with Crippen LogP contribution < -0.4 is 0 Å². The Kier molecular flexibility index (Phi) is 2.82. The molecule has 0 atom stereocenters. The number of hydrogen-bond acceptors (Lipinski definition) is 2. The van der Waals surface area contributed by atoms with Crippen molar-refractivity contribution in [2.75, 3.05) is 0 Å². The summed E-state index contributed by atoms with van der Waals surface area (Å²) in [6.07, 6.45) is 0.847. The Bertz CT molecular complexity index is 504. The quantitative estimate of drug-likeness (QED) is 0.805. The largest absolute Gasteiger partial charge is 0.508 e. The maximum Gasteiger partial charge on any atom is 0.116 e. The molecule has 0 amide bonds. The standard InChI is InChI=1S/C14H14O2/c1-2-10-8-13(16)6-7-14(10)11-4-3-5-12(15)9-11/h3-9,15-16H,2H2,1H3. The summed E-state index contributed by atoms with van der Waals surface area (Å²) in [7, 11) is 0. The maximum atomic E-state index is 9.44. The molecule has 0 saturated heterocycles. The van der Waals surface area contributed by atoms with Gasteiger partial charge < -0.3 is 10.2 Å². The number of hydrogen-bond donors (Lipinski definition) is 2. The molecule has 16 heavy (non-hydrogen) atoms. The van der Waals surface area contributed by atoms with Crippen molar-refractivity contribution < 1.29 is 10.2 Å². The van der Waals surface area contributed by atoms with Gasteiger partial charge in [0.15, 0.2) is 0 Å². The average molecular weight is 214 g/mol. The van der Waals surface area contributed by atoms with Gasteiger partial charge in [-0.25, -0.2) is 0 Å². The SMILES string of the molecule is CCc1cc(O)ccc1-c1cccc(O)c1. The fraction of sp³-hybridized carbons (Fsp3) is 0.143. The first kappa shape index (κ1) is 10.6. The van der Waals surface area contributed by atoms with Gasteiger partial charge in [0.1, 0.15) is 11.5 Å². The lowest BCUT2D eigenvalue weighted by Gasteiger charge is -2.08. The molecule has 0 fully saturated rings. The number of benzene rings is 2. The topological polar surface area (TPSA) is 40.5 Å². The first-order valence-corrected chi connectivity index (χ1v) is 5.32. The van der Waals surface area contributed by atoms with Crippen molar-refractivity contribution in [2.45, 2.75) is 13.3 Å². The normalized spacial score (nSPS) is 10.3. The monoisotopic (exact) mass is 214 g/mol. The molecule has 2 N–H and O–H groups in total. The van der Waals surface area contributed by atoms with Gasteiger partial charge in [-0.3, -0.25) is 0 Å². The van der Waals surface area contributed by atoms with Crippen LogP contribution in [-0.2, 0) is 6.42 Å². The number of aryl methyl sites for hydroxylation is 1. The molecule has 2 nitrogen and oxygen atoms in total. The van der Waals surface area contributed by atoms with Crippen LogP contribution in [0.25, 0.3) is 11.1 Å². The molecule has 0 aliphatic carbocycles. The second-order valence-electron chi connectivity index (χ2n) is 3.75. The predicted molar refractivity (Wildman–Crippen MR) is 64.6 cm³/mol. The number of phenolic OH excluding ortho intramolecular Hbond substituents is 2. The molecule has 2 aromatic rings. The van der Waals surface area contributed by atoms with Crippen LogP contribution in [0.15, 0.2) is 42.5 Å². The van der Waals surface area contributed by atoms with Gasteiger partial charge in [-0.2, -0.15) is 0 Å². The summed E-state index contributed by atoms with van der Waals surface area (Å²) in [6.45, 7) is 2.04. The molecule has 0 unspecified atom stereocenters. The molecule has 82 valence electrons. The van der Waals surface area contributed by atoms with Gasteiger partial charge >= 0.3 is 0 Å². The number of phenols is 2. The van der Waals surface area contributed by atoms with Crippen LogP contribution in [-0.4, -0.2) is 10.2 Å². The van der Waals surface area contributed by atoms with E-state index in [1.165, 1.54) is 0 Å². The highest BCUT2D eigenvalue weighted by molar-refractivity contribution is 5.69. The fourth-order valence-electron chi connectivity index (χ4n) is 1.83. The number of aromatic hydroxyl groups is 2. The molecule has 2 heteroatoms. The van der Waals surface area contributed by atoms with E-state index >= 15 is 0 Å². The van der Waals surface area contributed by atoms with Gasteiger partial charge in [0, 0.05) is 0 Å². The molecule has 0 aliphatic heterocycles. The van der Waals surface area contributed by atoms with Crippen LogP contribution in [0.3, 0.4) is 0 Å². The van der Waals surface area contributed by atoms with Gasteiger partial charge in [-0.15, -0.1) is 0 Å². The van der Waals surface area contributed by atoms with Gasteiger partial charge in [0.25, 0.3) is 0 Å².